The summed E-state index contributed by atoms with van der Waals surface area (Å²) in [5.74, 6) is -1.42. The second kappa shape index (κ2) is 5.51. The molecule has 0 N–H and O–H groups in total. The second-order valence-corrected chi connectivity index (χ2v) is 2.21. The van der Waals surface area contributed by atoms with Crippen molar-refractivity contribution in [2.45, 2.75) is 20.0 Å². The van der Waals surface area contributed by atoms with Crippen molar-refractivity contribution in [3.05, 3.63) is 11.8 Å². The highest BCUT2D eigenvalue weighted by Crippen LogP contribution is 2.26. The van der Waals surface area contributed by atoms with Gasteiger partial charge in [-0.2, -0.15) is 13.2 Å². The molecule has 6 heteroatoms. The number of hydrogen-bond acceptors (Lipinski definition) is 3. The van der Waals surface area contributed by atoms with Gasteiger partial charge >= 0.3 is 12.1 Å². The fraction of sp³-hybridized carbons (Fsp3) is 0.625. The Morgan fingerprint density at radius 3 is 2.21 bits per heavy atom. The van der Waals surface area contributed by atoms with Crippen LogP contribution in [0.4, 0.5) is 13.2 Å². The molecule has 82 valence electrons. The maximum Gasteiger partial charge on any atom is 0.426 e. The Bertz CT molecular complexity index is 220. The Morgan fingerprint density at radius 2 is 1.86 bits per heavy atom. The number of carbonyl (C=O) groups is 1. The van der Waals surface area contributed by atoms with E-state index in [2.05, 4.69) is 9.47 Å². The summed E-state index contributed by atoms with van der Waals surface area (Å²) in [6.45, 7) is 2.87. The molecule has 0 saturated heterocycles. The normalized spacial score (nSPS) is 12.5. The zero-order valence-corrected chi connectivity index (χ0v) is 7.85. The Balaban J connectivity index is 4.64. The fourth-order valence-corrected chi connectivity index (χ4v) is 0.606. The third-order valence-electron chi connectivity index (χ3n) is 1.17. The summed E-state index contributed by atoms with van der Waals surface area (Å²) < 4.78 is 45.1. The number of carbonyl (C=O) groups excluding carboxylic acids is 1. The first-order valence-corrected chi connectivity index (χ1v) is 3.99. The summed E-state index contributed by atoms with van der Waals surface area (Å²) in [5, 5.41) is 0. The molecule has 0 spiro atoms. The number of rotatable bonds is 4. The van der Waals surface area contributed by atoms with Crippen LogP contribution in [0.25, 0.3) is 0 Å². The first-order chi connectivity index (χ1) is 6.43. The third-order valence-corrected chi connectivity index (χ3v) is 1.17. The first-order valence-electron chi connectivity index (χ1n) is 3.99. The van der Waals surface area contributed by atoms with Crippen LogP contribution in [0.3, 0.4) is 0 Å². The summed E-state index contributed by atoms with van der Waals surface area (Å²) in [6.07, 6.45) is -4.38. The zero-order valence-electron chi connectivity index (χ0n) is 7.85. The zero-order chi connectivity index (χ0) is 11.2. The minimum Gasteiger partial charge on any atom is -0.501 e. The lowest BCUT2D eigenvalue weighted by molar-refractivity contribution is -0.150. The van der Waals surface area contributed by atoms with E-state index in [9.17, 15) is 18.0 Å². The van der Waals surface area contributed by atoms with E-state index in [0.717, 1.165) is 0 Å². The van der Waals surface area contributed by atoms with E-state index in [1.807, 2.05) is 0 Å². The minimum atomic E-state index is -4.75. The number of hydrogen-bond donors (Lipinski definition) is 0. The lowest BCUT2D eigenvalue weighted by Gasteiger charge is -2.09. The highest BCUT2D eigenvalue weighted by molar-refractivity contribution is 5.89. The molecule has 0 aromatic heterocycles. The van der Waals surface area contributed by atoms with Crippen molar-refractivity contribution in [1.29, 1.82) is 0 Å². The minimum absolute atomic E-state index is 0.0545. The van der Waals surface area contributed by atoms with Crippen LogP contribution in [-0.2, 0) is 14.3 Å². The van der Waals surface area contributed by atoms with Crippen LogP contribution in [0, 0.1) is 0 Å². The standard InChI is InChI=1S/C8H11F3O3/c1-3-13-5-6(8(9,10)11)7(12)14-4-2/h5H,3-4H2,1-2H3. The van der Waals surface area contributed by atoms with Gasteiger partial charge in [-0.05, 0) is 13.8 Å². The third kappa shape index (κ3) is 4.15. The summed E-state index contributed by atoms with van der Waals surface area (Å²) in [4.78, 5) is 10.8. The topological polar surface area (TPSA) is 35.5 Å². The predicted molar refractivity (Wildman–Crippen MR) is 42.4 cm³/mol. The molecule has 0 atom stereocenters. The van der Waals surface area contributed by atoms with Gasteiger partial charge in [0.15, 0.2) is 5.57 Å². The summed E-state index contributed by atoms with van der Waals surface area (Å²) in [5.41, 5.74) is -1.43. The predicted octanol–water partition coefficient (Wildman–Crippen LogP) is 2.03. The van der Waals surface area contributed by atoms with Crippen LogP contribution < -0.4 is 0 Å². The highest BCUT2D eigenvalue weighted by Gasteiger charge is 2.40. The summed E-state index contributed by atoms with van der Waals surface area (Å²) in [7, 11) is 0. The smallest absolute Gasteiger partial charge is 0.426 e. The molecule has 0 aromatic carbocycles. The number of esters is 1. The van der Waals surface area contributed by atoms with E-state index in [1.54, 1.807) is 0 Å². The van der Waals surface area contributed by atoms with Crippen molar-refractivity contribution in [2.24, 2.45) is 0 Å². The van der Waals surface area contributed by atoms with Crippen molar-refractivity contribution < 1.29 is 27.4 Å². The molecule has 14 heavy (non-hydrogen) atoms. The first kappa shape index (κ1) is 12.8. The van der Waals surface area contributed by atoms with Gasteiger partial charge in [-0.3, -0.25) is 0 Å². The lowest BCUT2D eigenvalue weighted by atomic mass is 10.3. The maximum atomic E-state index is 12.2. The van der Waals surface area contributed by atoms with Gasteiger partial charge in [0.05, 0.1) is 13.2 Å². The monoisotopic (exact) mass is 212 g/mol. The van der Waals surface area contributed by atoms with Gasteiger partial charge < -0.3 is 9.47 Å². The van der Waals surface area contributed by atoms with Gasteiger partial charge in [0.2, 0.25) is 0 Å². The maximum absolute atomic E-state index is 12.2. The SMILES string of the molecule is CCOC=C(C(=O)OCC)C(F)(F)F. The molecule has 0 aromatic rings. The van der Waals surface area contributed by atoms with Gasteiger partial charge in [0, 0.05) is 0 Å². The van der Waals surface area contributed by atoms with E-state index in [1.165, 1.54) is 13.8 Å². The molecule has 0 aliphatic rings. The van der Waals surface area contributed by atoms with E-state index in [-0.39, 0.29) is 13.2 Å². The molecule has 0 rings (SSSR count). The molecule has 0 aliphatic carbocycles. The van der Waals surface area contributed by atoms with Crippen LogP contribution in [0.15, 0.2) is 11.8 Å². The summed E-state index contributed by atoms with van der Waals surface area (Å²) in [6, 6.07) is 0. The fourth-order valence-electron chi connectivity index (χ4n) is 0.606. The van der Waals surface area contributed by atoms with Gasteiger partial charge in [0.1, 0.15) is 6.26 Å². The molecule has 0 bridgehead atoms. The van der Waals surface area contributed by atoms with Gasteiger partial charge in [-0.25, -0.2) is 4.79 Å². The molecule has 0 heterocycles. The van der Waals surface area contributed by atoms with Crippen molar-refractivity contribution in [2.75, 3.05) is 13.2 Å². The van der Waals surface area contributed by atoms with Crippen molar-refractivity contribution in [3.63, 3.8) is 0 Å². The largest absolute Gasteiger partial charge is 0.501 e. The number of alkyl halides is 3. The van der Waals surface area contributed by atoms with Crippen molar-refractivity contribution >= 4 is 5.97 Å². The molecule has 0 unspecified atom stereocenters. The van der Waals surface area contributed by atoms with Gasteiger partial charge in [0.25, 0.3) is 0 Å². The highest BCUT2D eigenvalue weighted by atomic mass is 19.4. The van der Waals surface area contributed by atoms with Crippen LogP contribution in [0.2, 0.25) is 0 Å². The van der Waals surface area contributed by atoms with E-state index >= 15 is 0 Å². The van der Waals surface area contributed by atoms with Crippen LogP contribution in [0.1, 0.15) is 13.8 Å². The molecule has 0 fully saturated rings. The molecule has 3 nitrogen and oxygen atoms in total. The Kier molecular flexibility index (Phi) is 5.04. The Labute approximate surface area is 79.5 Å². The molecular weight excluding hydrogens is 201 g/mol. The van der Waals surface area contributed by atoms with E-state index in [0.29, 0.717) is 6.26 Å². The van der Waals surface area contributed by atoms with Crippen molar-refractivity contribution in [3.8, 4) is 0 Å². The Hall–Kier alpha value is -1.20. The van der Waals surface area contributed by atoms with Crippen LogP contribution in [0.5, 0.6) is 0 Å². The molecule has 0 radical (unpaired) electrons. The van der Waals surface area contributed by atoms with Crippen molar-refractivity contribution in [1.82, 2.24) is 0 Å². The second-order valence-electron chi connectivity index (χ2n) is 2.21. The molecule has 0 amide bonds. The summed E-state index contributed by atoms with van der Waals surface area (Å²) >= 11 is 0. The van der Waals surface area contributed by atoms with Crippen LogP contribution >= 0.6 is 0 Å². The number of ether oxygens (including phenoxy) is 2. The van der Waals surface area contributed by atoms with Crippen LogP contribution in [-0.4, -0.2) is 25.4 Å². The lowest BCUT2D eigenvalue weighted by Crippen LogP contribution is -2.22. The van der Waals surface area contributed by atoms with Gasteiger partial charge in [-0.1, -0.05) is 0 Å². The molecular formula is C8H11F3O3. The molecule has 0 saturated carbocycles. The quantitative estimate of drug-likeness (QED) is 0.406. The molecule has 0 aliphatic heterocycles. The van der Waals surface area contributed by atoms with E-state index < -0.39 is 17.7 Å². The average Bonchev–Trinajstić information content (AvgIpc) is 2.03. The Morgan fingerprint density at radius 1 is 1.29 bits per heavy atom. The van der Waals surface area contributed by atoms with E-state index in [4.69, 9.17) is 0 Å². The number of halogens is 3. The average molecular weight is 212 g/mol. The van der Waals surface area contributed by atoms with Gasteiger partial charge in [-0.15, -0.1) is 0 Å².